The molecule has 0 aliphatic rings. The zero-order chi connectivity index (χ0) is 17.9. The zero-order valence-corrected chi connectivity index (χ0v) is 15.3. The SMILES string of the molecule is C/C=c1/nc(N)c2nc(COCC)n(CC(C)(C)O)c2/c1=C/CC. The van der Waals surface area contributed by atoms with Gasteiger partial charge in [-0.05, 0) is 34.1 Å². The molecule has 2 rings (SSSR count). The Morgan fingerprint density at radius 3 is 2.54 bits per heavy atom. The second-order valence-electron chi connectivity index (χ2n) is 6.46. The molecule has 6 heteroatoms. The number of hydrogen-bond donors (Lipinski definition) is 2. The number of ether oxygens (including phenoxy) is 1. The summed E-state index contributed by atoms with van der Waals surface area (Å²) in [5, 5.41) is 12.2. The molecule has 0 fully saturated rings. The van der Waals surface area contributed by atoms with E-state index in [1.807, 2.05) is 24.5 Å². The molecule has 0 spiro atoms. The average molecular weight is 332 g/mol. The number of fused-ring (bicyclic) bond motifs is 1. The van der Waals surface area contributed by atoms with Crippen LogP contribution >= 0.6 is 0 Å². The molecule has 2 aromatic heterocycles. The van der Waals surface area contributed by atoms with Gasteiger partial charge in [-0.1, -0.05) is 19.1 Å². The minimum absolute atomic E-state index is 0.372. The first-order valence-electron chi connectivity index (χ1n) is 8.43. The molecule has 132 valence electrons. The van der Waals surface area contributed by atoms with Crippen molar-refractivity contribution in [3.8, 4) is 0 Å². The summed E-state index contributed by atoms with van der Waals surface area (Å²) in [6, 6.07) is 0. The van der Waals surface area contributed by atoms with Crippen LogP contribution in [0.5, 0.6) is 0 Å². The Hall–Kier alpha value is -1.92. The zero-order valence-electron chi connectivity index (χ0n) is 15.3. The van der Waals surface area contributed by atoms with E-state index in [1.54, 1.807) is 13.8 Å². The quantitative estimate of drug-likeness (QED) is 0.833. The van der Waals surface area contributed by atoms with E-state index in [4.69, 9.17) is 10.5 Å². The highest BCUT2D eigenvalue weighted by molar-refractivity contribution is 5.86. The van der Waals surface area contributed by atoms with Crippen LogP contribution in [-0.4, -0.2) is 31.8 Å². The molecule has 24 heavy (non-hydrogen) atoms. The Balaban J connectivity index is 2.90. The molecule has 2 heterocycles. The molecule has 0 bridgehead atoms. The molecule has 0 atom stereocenters. The van der Waals surface area contributed by atoms with Crippen molar-refractivity contribution < 1.29 is 9.84 Å². The highest BCUT2D eigenvalue weighted by Crippen LogP contribution is 2.20. The molecule has 0 saturated heterocycles. The van der Waals surface area contributed by atoms with Gasteiger partial charge in [-0.15, -0.1) is 0 Å². The predicted molar refractivity (Wildman–Crippen MR) is 97.7 cm³/mol. The number of aliphatic hydroxyl groups is 1. The van der Waals surface area contributed by atoms with Crippen LogP contribution in [-0.2, 0) is 17.9 Å². The molecule has 3 N–H and O–H groups in total. The van der Waals surface area contributed by atoms with Crippen molar-refractivity contribution in [3.05, 3.63) is 16.4 Å². The van der Waals surface area contributed by atoms with E-state index >= 15 is 0 Å². The molecule has 0 aromatic carbocycles. The Labute approximate surface area is 142 Å². The molecule has 0 amide bonds. The van der Waals surface area contributed by atoms with Crippen LogP contribution in [0, 0.1) is 0 Å². The lowest BCUT2D eigenvalue weighted by Gasteiger charge is -2.20. The van der Waals surface area contributed by atoms with Gasteiger partial charge in [0.2, 0.25) is 0 Å². The first kappa shape index (κ1) is 18.4. The maximum Gasteiger partial charge on any atom is 0.152 e. The number of nitrogen functional groups attached to an aromatic ring is 1. The Morgan fingerprint density at radius 2 is 2.00 bits per heavy atom. The van der Waals surface area contributed by atoms with E-state index in [9.17, 15) is 5.11 Å². The summed E-state index contributed by atoms with van der Waals surface area (Å²) in [6.45, 7) is 10.9. The fourth-order valence-corrected chi connectivity index (χ4v) is 2.80. The lowest BCUT2D eigenvalue weighted by molar-refractivity contribution is 0.0581. The minimum Gasteiger partial charge on any atom is -0.389 e. The number of imidazole rings is 1. The van der Waals surface area contributed by atoms with Crippen molar-refractivity contribution in [2.24, 2.45) is 0 Å². The molecular formula is C18H28N4O2. The van der Waals surface area contributed by atoms with Gasteiger partial charge in [-0.25, -0.2) is 9.97 Å². The van der Waals surface area contributed by atoms with E-state index in [2.05, 4.69) is 23.0 Å². The first-order chi connectivity index (χ1) is 11.3. The highest BCUT2D eigenvalue weighted by Gasteiger charge is 2.21. The van der Waals surface area contributed by atoms with Crippen molar-refractivity contribution >= 4 is 29.0 Å². The van der Waals surface area contributed by atoms with E-state index in [0.717, 1.165) is 28.3 Å². The van der Waals surface area contributed by atoms with Crippen LogP contribution < -0.4 is 16.3 Å². The third-order valence-corrected chi connectivity index (χ3v) is 3.72. The van der Waals surface area contributed by atoms with Gasteiger partial charge in [0.25, 0.3) is 0 Å². The first-order valence-corrected chi connectivity index (χ1v) is 8.43. The normalized spacial score (nSPS) is 14.1. The smallest absolute Gasteiger partial charge is 0.152 e. The van der Waals surface area contributed by atoms with E-state index < -0.39 is 5.60 Å². The molecule has 0 radical (unpaired) electrons. The van der Waals surface area contributed by atoms with Crippen LogP contribution in [0.15, 0.2) is 0 Å². The number of hydrogen-bond acceptors (Lipinski definition) is 5. The van der Waals surface area contributed by atoms with Gasteiger partial charge >= 0.3 is 0 Å². The minimum atomic E-state index is -0.883. The lowest BCUT2D eigenvalue weighted by atomic mass is 10.1. The summed E-state index contributed by atoms with van der Waals surface area (Å²) in [4.78, 5) is 9.14. The summed E-state index contributed by atoms with van der Waals surface area (Å²) in [5.41, 5.74) is 6.84. The third-order valence-electron chi connectivity index (χ3n) is 3.72. The molecule has 0 aliphatic carbocycles. The molecule has 6 nitrogen and oxygen atoms in total. The summed E-state index contributed by atoms with van der Waals surface area (Å²) in [6.07, 6.45) is 4.94. The van der Waals surface area contributed by atoms with Gasteiger partial charge in [0.1, 0.15) is 17.9 Å². The number of pyridine rings is 1. The Kier molecular flexibility index (Phi) is 5.62. The van der Waals surface area contributed by atoms with Crippen LogP contribution in [0.25, 0.3) is 23.2 Å². The van der Waals surface area contributed by atoms with Gasteiger partial charge in [-0.2, -0.15) is 0 Å². The highest BCUT2D eigenvalue weighted by atomic mass is 16.5. The molecular weight excluding hydrogens is 304 g/mol. The monoisotopic (exact) mass is 332 g/mol. The van der Waals surface area contributed by atoms with Crippen molar-refractivity contribution in [3.63, 3.8) is 0 Å². The Morgan fingerprint density at radius 1 is 1.29 bits per heavy atom. The molecule has 0 aliphatic heterocycles. The predicted octanol–water partition coefficient (Wildman–Crippen LogP) is 1.31. The van der Waals surface area contributed by atoms with E-state index in [0.29, 0.717) is 31.1 Å². The van der Waals surface area contributed by atoms with Gasteiger partial charge in [0, 0.05) is 11.8 Å². The summed E-state index contributed by atoms with van der Waals surface area (Å²) in [7, 11) is 0. The summed E-state index contributed by atoms with van der Waals surface area (Å²) >= 11 is 0. The van der Waals surface area contributed by atoms with Crippen molar-refractivity contribution in [1.29, 1.82) is 0 Å². The topological polar surface area (TPSA) is 86.2 Å². The summed E-state index contributed by atoms with van der Waals surface area (Å²) < 4.78 is 7.57. The number of anilines is 1. The van der Waals surface area contributed by atoms with Crippen LogP contribution in [0.2, 0.25) is 0 Å². The number of nitrogens with zero attached hydrogens (tertiary/aromatic N) is 3. The van der Waals surface area contributed by atoms with Crippen molar-refractivity contribution in [2.75, 3.05) is 12.3 Å². The number of aromatic nitrogens is 3. The fourth-order valence-electron chi connectivity index (χ4n) is 2.80. The standard InChI is InChI=1S/C18H28N4O2/c1-6-9-12-13(7-2)20-17(19)15-16(12)22(11-18(4,5)23)14(21-15)10-24-8-3/h7,9,23H,6,8,10-11H2,1-5H3,(H2,19,20)/b12-9+,13-7+. The van der Waals surface area contributed by atoms with E-state index in [1.165, 1.54) is 0 Å². The lowest BCUT2D eigenvalue weighted by Crippen LogP contribution is -2.34. The molecule has 0 saturated carbocycles. The van der Waals surface area contributed by atoms with E-state index in [-0.39, 0.29) is 0 Å². The van der Waals surface area contributed by atoms with Crippen molar-refractivity contribution in [2.45, 2.75) is 59.8 Å². The number of rotatable bonds is 6. The van der Waals surface area contributed by atoms with Crippen LogP contribution in [0.4, 0.5) is 5.82 Å². The van der Waals surface area contributed by atoms with Crippen molar-refractivity contribution in [1.82, 2.24) is 14.5 Å². The summed E-state index contributed by atoms with van der Waals surface area (Å²) in [5.74, 6) is 1.15. The maximum absolute atomic E-state index is 10.4. The average Bonchev–Trinajstić information content (AvgIpc) is 2.85. The molecule has 0 unspecified atom stereocenters. The van der Waals surface area contributed by atoms with Crippen LogP contribution in [0.1, 0.15) is 46.9 Å². The second-order valence-corrected chi connectivity index (χ2v) is 6.46. The molecule has 2 aromatic rings. The van der Waals surface area contributed by atoms with Gasteiger partial charge in [-0.3, -0.25) is 0 Å². The second kappa shape index (κ2) is 7.32. The number of nitrogens with two attached hydrogens (primary N) is 1. The third kappa shape index (κ3) is 3.76. The van der Waals surface area contributed by atoms with Gasteiger partial charge in [0.15, 0.2) is 5.82 Å². The van der Waals surface area contributed by atoms with Gasteiger partial charge < -0.3 is 20.1 Å². The Bertz CT molecular complexity index is 832. The van der Waals surface area contributed by atoms with Crippen LogP contribution in [0.3, 0.4) is 0 Å². The maximum atomic E-state index is 10.4. The largest absolute Gasteiger partial charge is 0.389 e. The van der Waals surface area contributed by atoms with Gasteiger partial charge in [0.05, 0.1) is 23.0 Å². The fraction of sp³-hybridized carbons (Fsp3) is 0.556.